The number of thioether (sulfide) groups is 1. The third kappa shape index (κ3) is 8.22. The molecule has 0 aliphatic carbocycles. The first-order chi connectivity index (χ1) is 17.2. The minimum Gasteiger partial charge on any atom is -0.487 e. The normalized spacial score (nSPS) is 12.2. The van der Waals surface area contributed by atoms with E-state index in [2.05, 4.69) is 6.07 Å². The summed E-state index contributed by atoms with van der Waals surface area (Å²) in [6, 6.07) is 17.9. The van der Waals surface area contributed by atoms with Crippen LogP contribution in [0.1, 0.15) is 43.4 Å². The van der Waals surface area contributed by atoms with Gasteiger partial charge in [0, 0.05) is 17.1 Å². The van der Waals surface area contributed by atoms with Crippen LogP contribution in [-0.2, 0) is 23.8 Å². The molecule has 36 heavy (non-hydrogen) atoms. The summed E-state index contributed by atoms with van der Waals surface area (Å²) in [6.07, 6.45) is -2.65. The average Bonchev–Trinajstić information content (AvgIpc) is 2.84. The Kier molecular flexibility index (Phi) is 9.70. The van der Waals surface area contributed by atoms with E-state index in [1.165, 1.54) is 6.07 Å². The second-order valence-electron chi connectivity index (χ2n) is 8.32. The van der Waals surface area contributed by atoms with E-state index in [4.69, 9.17) is 14.6 Å². The Labute approximate surface area is 213 Å². The molecule has 0 amide bonds. The molecule has 0 aromatic heterocycles. The van der Waals surface area contributed by atoms with Crippen molar-refractivity contribution in [2.45, 2.75) is 56.7 Å². The molecule has 3 aromatic carbocycles. The summed E-state index contributed by atoms with van der Waals surface area (Å²) in [6.45, 7) is 3.92. The fourth-order valence-electron chi connectivity index (χ4n) is 3.60. The summed E-state index contributed by atoms with van der Waals surface area (Å²) >= 11 is 1.66. The van der Waals surface area contributed by atoms with E-state index in [0.717, 1.165) is 40.3 Å². The monoisotopic (exact) mass is 518 g/mol. The smallest absolute Gasteiger partial charge is 0.416 e. The number of aryl methyl sites for hydroxylation is 2. The van der Waals surface area contributed by atoms with Crippen LogP contribution >= 0.6 is 11.8 Å². The van der Waals surface area contributed by atoms with Gasteiger partial charge < -0.3 is 14.6 Å². The lowest BCUT2D eigenvalue weighted by Gasteiger charge is -2.19. The second kappa shape index (κ2) is 12.7. The molecule has 0 saturated carbocycles. The predicted molar refractivity (Wildman–Crippen MR) is 135 cm³/mol. The molecule has 1 N–H and O–H groups in total. The molecule has 3 rings (SSSR count). The van der Waals surface area contributed by atoms with Crippen LogP contribution in [0, 0.1) is 0 Å². The number of hydrogen-bond donors (Lipinski definition) is 1. The van der Waals surface area contributed by atoms with Crippen molar-refractivity contribution in [3.63, 3.8) is 0 Å². The molecule has 4 nitrogen and oxygen atoms in total. The Balaban J connectivity index is 1.63. The topological polar surface area (TPSA) is 55.8 Å². The van der Waals surface area contributed by atoms with Gasteiger partial charge in [0.05, 0.1) is 11.7 Å². The van der Waals surface area contributed by atoms with Gasteiger partial charge in [0.2, 0.25) is 0 Å². The Morgan fingerprint density at radius 3 is 2.42 bits per heavy atom. The van der Waals surface area contributed by atoms with Crippen LogP contribution in [0.4, 0.5) is 13.2 Å². The fourth-order valence-corrected chi connectivity index (χ4v) is 4.68. The number of rotatable bonds is 12. The first-order valence-corrected chi connectivity index (χ1v) is 12.7. The van der Waals surface area contributed by atoms with Crippen LogP contribution in [0.25, 0.3) is 0 Å². The number of hydrogen-bond acceptors (Lipinski definition) is 4. The molecular formula is C28H29F3O4S. The van der Waals surface area contributed by atoms with Gasteiger partial charge in [-0.1, -0.05) is 31.2 Å². The molecule has 0 saturated heterocycles. The predicted octanol–water partition coefficient (Wildman–Crippen LogP) is 8.03. The van der Waals surface area contributed by atoms with Crippen LogP contribution in [-0.4, -0.2) is 22.9 Å². The van der Waals surface area contributed by atoms with Crippen LogP contribution in [0.3, 0.4) is 0 Å². The molecular weight excluding hydrogens is 489 g/mol. The van der Waals surface area contributed by atoms with Crippen LogP contribution in [0.2, 0.25) is 0 Å². The number of benzene rings is 3. The molecule has 192 valence electrons. The Hall–Kier alpha value is -3.13. The zero-order valence-electron chi connectivity index (χ0n) is 20.2. The molecule has 0 aliphatic rings. The molecule has 0 radical (unpaired) electrons. The quantitative estimate of drug-likeness (QED) is 0.246. The molecule has 8 heteroatoms. The van der Waals surface area contributed by atoms with Gasteiger partial charge in [0.15, 0.2) is 11.5 Å². The number of aliphatic carboxylic acids is 1. The van der Waals surface area contributed by atoms with Crippen molar-refractivity contribution in [1.82, 2.24) is 0 Å². The average molecular weight is 519 g/mol. The Morgan fingerprint density at radius 2 is 1.75 bits per heavy atom. The maximum Gasteiger partial charge on any atom is 0.416 e. The number of alkyl halides is 3. The van der Waals surface area contributed by atoms with Crippen molar-refractivity contribution in [2.24, 2.45) is 0 Å². The van der Waals surface area contributed by atoms with Crippen molar-refractivity contribution < 1.29 is 32.5 Å². The molecule has 0 heterocycles. The molecule has 0 aliphatic heterocycles. The third-order valence-corrected chi connectivity index (χ3v) is 6.56. The van der Waals surface area contributed by atoms with E-state index in [0.29, 0.717) is 18.6 Å². The van der Waals surface area contributed by atoms with Crippen LogP contribution in [0.15, 0.2) is 71.6 Å². The first kappa shape index (κ1) is 27.5. The van der Waals surface area contributed by atoms with E-state index in [-0.39, 0.29) is 24.0 Å². The highest BCUT2D eigenvalue weighted by Gasteiger charge is 2.31. The molecule has 0 unspecified atom stereocenters. The minimum atomic E-state index is -4.49. The molecule has 1 atom stereocenters. The van der Waals surface area contributed by atoms with Crippen molar-refractivity contribution in [2.75, 3.05) is 5.75 Å². The summed E-state index contributed by atoms with van der Waals surface area (Å²) in [5.74, 6) is 0.618. The number of ether oxygens (including phenoxy) is 2. The first-order valence-electron chi connectivity index (χ1n) is 11.7. The maximum atomic E-state index is 13.3. The largest absolute Gasteiger partial charge is 0.487 e. The molecule has 0 fully saturated rings. The van der Waals surface area contributed by atoms with Crippen LogP contribution < -0.4 is 9.47 Å². The summed E-state index contributed by atoms with van der Waals surface area (Å²) in [5.41, 5.74) is 1.38. The molecule has 0 bridgehead atoms. The zero-order chi connectivity index (χ0) is 26.1. The van der Waals surface area contributed by atoms with Gasteiger partial charge in [-0.3, -0.25) is 4.79 Å². The lowest BCUT2D eigenvalue weighted by atomic mass is 10.0. The molecule has 3 aromatic rings. The second-order valence-corrected chi connectivity index (χ2v) is 9.49. The highest BCUT2D eigenvalue weighted by atomic mass is 32.2. The van der Waals surface area contributed by atoms with E-state index in [9.17, 15) is 18.0 Å². The number of carboxylic acid groups (broad SMARTS) is 1. The Bertz CT molecular complexity index is 1150. The SMILES string of the molecule is CCc1cc(SCC[C@@H](C)Oc2ccc(C(F)(F)F)cc2Oc2ccccc2)ccc1CCC(=O)O. The van der Waals surface area contributed by atoms with E-state index >= 15 is 0 Å². The number of halogens is 3. The highest BCUT2D eigenvalue weighted by Crippen LogP contribution is 2.39. The summed E-state index contributed by atoms with van der Waals surface area (Å²) in [5, 5.41) is 8.93. The maximum absolute atomic E-state index is 13.3. The number of carbonyl (C=O) groups is 1. The standard InChI is InChI=1S/C28H29F3O4S/c1-3-20-17-24(12-9-21(20)10-14-27(32)33)36-16-15-19(2)34-25-13-11-22(28(29,30)31)18-26(25)35-23-7-5-4-6-8-23/h4-9,11-13,17-19H,3,10,14-16H2,1-2H3,(H,32,33)/t19-/m1/s1. The van der Waals surface area contributed by atoms with E-state index in [1.807, 2.05) is 26.0 Å². The summed E-state index contributed by atoms with van der Waals surface area (Å²) in [4.78, 5) is 12.0. The zero-order valence-corrected chi connectivity index (χ0v) is 21.0. The highest BCUT2D eigenvalue weighted by molar-refractivity contribution is 7.99. The number of para-hydroxylation sites is 1. The lowest BCUT2D eigenvalue weighted by Crippen LogP contribution is -2.14. The summed E-state index contributed by atoms with van der Waals surface area (Å²) < 4.78 is 51.5. The van der Waals surface area contributed by atoms with Gasteiger partial charge in [0.1, 0.15) is 5.75 Å². The van der Waals surface area contributed by atoms with Crippen molar-refractivity contribution in [1.29, 1.82) is 0 Å². The Morgan fingerprint density at radius 1 is 1.00 bits per heavy atom. The van der Waals surface area contributed by atoms with Gasteiger partial charge >= 0.3 is 12.1 Å². The third-order valence-electron chi connectivity index (χ3n) is 5.53. The minimum absolute atomic E-state index is 0.0139. The van der Waals surface area contributed by atoms with Crippen molar-refractivity contribution in [3.05, 3.63) is 83.4 Å². The van der Waals surface area contributed by atoms with Gasteiger partial charge in [0.25, 0.3) is 0 Å². The van der Waals surface area contributed by atoms with Gasteiger partial charge in [-0.15, -0.1) is 11.8 Å². The van der Waals surface area contributed by atoms with E-state index in [1.54, 1.807) is 42.1 Å². The number of carboxylic acids is 1. The molecule has 0 spiro atoms. The van der Waals surface area contributed by atoms with Crippen molar-refractivity contribution in [3.8, 4) is 17.2 Å². The van der Waals surface area contributed by atoms with Crippen LogP contribution in [0.5, 0.6) is 17.2 Å². The van der Waals surface area contributed by atoms with E-state index < -0.39 is 17.7 Å². The van der Waals surface area contributed by atoms with Gasteiger partial charge in [-0.05, 0) is 79.8 Å². The van der Waals surface area contributed by atoms with Gasteiger partial charge in [-0.25, -0.2) is 0 Å². The van der Waals surface area contributed by atoms with Gasteiger partial charge in [-0.2, -0.15) is 13.2 Å². The fraction of sp³-hybridized carbons (Fsp3) is 0.321. The summed E-state index contributed by atoms with van der Waals surface area (Å²) in [7, 11) is 0. The lowest BCUT2D eigenvalue weighted by molar-refractivity contribution is -0.138. The van der Waals surface area contributed by atoms with Crippen molar-refractivity contribution >= 4 is 17.7 Å².